The van der Waals surface area contributed by atoms with Gasteiger partial charge in [-0.15, -0.1) is 0 Å². The summed E-state index contributed by atoms with van der Waals surface area (Å²) in [6, 6.07) is 2.83. The lowest BCUT2D eigenvalue weighted by atomic mass is 10.3. The van der Waals surface area contributed by atoms with Gasteiger partial charge in [0.2, 0.25) is 0 Å². The van der Waals surface area contributed by atoms with E-state index < -0.39 is 33.6 Å². The summed E-state index contributed by atoms with van der Waals surface area (Å²) < 4.78 is 74.9. The van der Waals surface area contributed by atoms with Crippen LogP contribution >= 0.6 is 15.9 Å². The van der Waals surface area contributed by atoms with Crippen LogP contribution in [0.15, 0.2) is 27.6 Å². The molecule has 0 spiro atoms. The van der Waals surface area contributed by atoms with Crippen molar-refractivity contribution in [1.82, 2.24) is 0 Å². The molecule has 0 saturated carbocycles. The minimum Gasteiger partial charge on any atom is -0.257 e. The molecule has 0 unspecified atom stereocenters. The molecule has 1 aromatic rings. The Labute approximate surface area is 103 Å². The van der Waals surface area contributed by atoms with Gasteiger partial charge < -0.3 is 0 Å². The molecular formula is C8H5BrF4O3S. The molecule has 17 heavy (non-hydrogen) atoms. The monoisotopic (exact) mass is 336 g/mol. The molecule has 0 N–H and O–H groups in total. The first-order valence-corrected chi connectivity index (χ1v) is 6.23. The van der Waals surface area contributed by atoms with E-state index in [4.69, 9.17) is 0 Å². The number of halogens is 5. The van der Waals surface area contributed by atoms with Crippen molar-refractivity contribution in [2.75, 3.05) is 6.61 Å². The summed E-state index contributed by atoms with van der Waals surface area (Å²) in [6.45, 7) is -2.00. The van der Waals surface area contributed by atoms with Gasteiger partial charge in [-0.1, -0.05) is 15.9 Å². The van der Waals surface area contributed by atoms with Crippen molar-refractivity contribution in [2.24, 2.45) is 0 Å². The molecule has 0 bridgehead atoms. The molecule has 0 aliphatic heterocycles. The van der Waals surface area contributed by atoms with Crippen LogP contribution in [0.1, 0.15) is 0 Å². The first-order valence-electron chi connectivity index (χ1n) is 4.03. The third-order valence-corrected chi connectivity index (χ3v) is 3.31. The molecule has 0 aliphatic rings. The van der Waals surface area contributed by atoms with Gasteiger partial charge in [-0.2, -0.15) is 21.6 Å². The van der Waals surface area contributed by atoms with Gasteiger partial charge in [-0.25, -0.2) is 4.39 Å². The van der Waals surface area contributed by atoms with Gasteiger partial charge in [0.1, 0.15) is 10.7 Å². The van der Waals surface area contributed by atoms with Crippen molar-refractivity contribution in [3.8, 4) is 0 Å². The number of hydrogen-bond donors (Lipinski definition) is 0. The van der Waals surface area contributed by atoms with Crippen LogP contribution in [0.5, 0.6) is 0 Å². The van der Waals surface area contributed by atoms with E-state index >= 15 is 0 Å². The molecule has 1 rings (SSSR count). The topological polar surface area (TPSA) is 43.4 Å². The lowest BCUT2D eigenvalue weighted by molar-refractivity contribution is -0.152. The van der Waals surface area contributed by atoms with Gasteiger partial charge in [0.25, 0.3) is 10.1 Å². The Hall–Kier alpha value is -0.670. The fraction of sp³-hybridized carbons (Fsp3) is 0.250. The summed E-state index contributed by atoms with van der Waals surface area (Å²) in [7, 11) is -4.77. The van der Waals surface area contributed by atoms with Gasteiger partial charge >= 0.3 is 6.18 Å². The second kappa shape index (κ2) is 4.91. The van der Waals surface area contributed by atoms with Crippen molar-refractivity contribution >= 4 is 26.0 Å². The lowest BCUT2D eigenvalue weighted by Crippen LogP contribution is -2.21. The molecule has 9 heteroatoms. The average Bonchev–Trinajstić information content (AvgIpc) is 2.18. The van der Waals surface area contributed by atoms with Crippen molar-refractivity contribution in [2.45, 2.75) is 11.1 Å². The predicted octanol–water partition coefficient (Wildman–Crippen LogP) is 2.86. The maximum Gasteiger partial charge on any atom is 0.413 e. The Morgan fingerprint density at radius 3 is 2.41 bits per heavy atom. The Bertz CT molecular complexity index is 512. The van der Waals surface area contributed by atoms with Gasteiger partial charge in [-0.3, -0.25) is 4.18 Å². The van der Waals surface area contributed by atoms with Crippen molar-refractivity contribution < 1.29 is 30.2 Å². The molecule has 0 saturated heterocycles. The Morgan fingerprint density at radius 2 is 1.88 bits per heavy atom. The summed E-state index contributed by atoms with van der Waals surface area (Å²) in [5, 5.41) is 0. The standard InChI is InChI=1S/C8H5BrF4O3S/c9-5-1-2-6(10)7(3-5)17(14,15)16-4-8(11,12)13/h1-3H,4H2. The van der Waals surface area contributed by atoms with Crippen molar-refractivity contribution in [1.29, 1.82) is 0 Å². The van der Waals surface area contributed by atoms with Gasteiger partial charge in [-0.05, 0) is 18.2 Å². The van der Waals surface area contributed by atoms with E-state index in [9.17, 15) is 26.0 Å². The molecule has 0 heterocycles. The van der Waals surface area contributed by atoms with Crippen LogP contribution in [0.3, 0.4) is 0 Å². The minimum atomic E-state index is -4.81. The van der Waals surface area contributed by atoms with Gasteiger partial charge in [0.05, 0.1) is 0 Å². The number of benzene rings is 1. The number of hydrogen-bond acceptors (Lipinski definition) is 3. The molecule has 3 nitrogen and oxygen atoms in total. The third-order valence-electron chi connectivity index (χ3n) is 1.54. The highest BCUT2D eigenvalue weighted by molar-refractivity contribution is 9.10. The number of alkyl halides is 3. The molecular weight excluding hydrogens is 332 g/mol. The molecule has 0 radical (unpaired) electrons. The third kappa shape index (κ3) is 4.25. The van der Waals surface area contributed by atoms with Crippen LogP contribution in [0, 0.1) is 5.82 Å². The molecule has 96 valence electrons. The predicted molar refractivity (Wildman–Crippen MR) is 53.3 cm³/mol. The van der Waals surface area contributed by atoms with E-state index in [1.165, 1.54) is 6.07 Å². The fourth-order valence-electron chi connectivity index (χ4n) is 0.877. The van der Waals surface area contributed by atoms with E-state index in [1.807, 2.05) is 0 Å². The summed E-state index contributed by atoms with van der Waals surface area (Å²) in [4.78, 5) is -0.948. The van der Waals surface area contributed by atoms with E-state index in [-0.39, 0.29) is 4.47 Å². The maximum atomic E-state index is 13.1. The minimum absolute atomic E-state index is 0.202. The van der Waals surface area contributed by atoms with E-state index in [0.717, 1.165) is 12.1 Å². The SMILES string of the molecule is O=S(=O)(OCC(F)(F)F)c1cc(Br)ccc1F. The summed E-state index contributed by atoms with van der Waals surface area (Å²) in [5.41, 5.74) is 0. The van der Waals surface area contributed by atoms with Gasteiger partial charge in [0.15, 0.2) is 6.61 Å². The van der Waals surface area contributed by atoms with Crippen LogP contribution < -0.4 is 0 Å². The van der Waals surface area contributed by atoms with Crippen molar-refractivity contribution in [3.05, 3.63) is 28.5 Å². The molecule has 0 aromatic heterocycles. The van der Waals surface area contributed by atoms with Crippen LogP contribution in [0.25, 0.3) is 0 Å². The normalized spacial score (nSPS) is 12.8. The Morgan fingerprint density at radius 1 is 1.29 bits per heavy atom. The maximum absolute atomic E-state index is 13.1. The number of rotatable bonds is 3. The first kappa shape index (κ1) is 14.4. The van der Waals surface area contributed by atoms with Gasteiger partial charge in [0, 0.05) is 4.47 Å². The summed E-state index contributed by atoms with van der Waals surface area (Å²) in [5.74, 6) is -1.18. The zero-order valence-electron chi connectivity index (χ0n) is 7.96. The second-order valence-electron chi connectivity index (χ2n) is 2.91. The molecule has 0 fully saturated rings. The van der Waals surface area contributed by atoms with Crippen molar-refractivity contribution in [3.63, 3.8) is 0 Å². The average molecular weight is 337 g/mol. The van der Waals surface area contributed by atoms with E-state index in [2.05, 4.69) is 20.1 Å². The first-order chi connectivity index (χ1) is 7.62. The Kier molecular flexibility index (Phi) is 4.15. The van der Waals surface area contributed by atoms with E-state index in [1.54, 1.807) is 0 Å². The quantitative estimate of drug-likeness (QED) is 0.629. The molecule has 0 aliphatic carbocycles. The van der Waals surface area contributed by atoms with Crippen LogP contribution in [0.4, 0.5) is 17.6 Å². The zero-order valence-corrected chi connectivity index (χ0v) is 10.4. The second-order valence-corrected chi connectivity index (χ2v) is 5.41. The van der Waals surface area contributed by atoms with Crippen LogP contribution in [-0.4, -0.2) is 21.2 Å². The highest BCUT2D eigenvalue weighted by atomic mass is 79.9. The lowest BCUT2D eigenvalue weighted by Gasteiger charge is -2.09. The highest BCUT2D eigenvalue weighted by Gasteiger charge is 2.32. The summed E-state index contributed by atoms with van der Waals surface area (Å²) in [6.07, 6.45) is -4.81. The Balaban J connectivity index is 3.02. The van der Waals surface area contributed by atoms with Crippen LogP contribution in [0.2, 0.25) is 0 Å². The molecule has 1 aromatic carbocycles. The summed E-state index contributed by atoms with van der Waals surface area (Å²) >= 11 is 2.87. The zero-order chi connectivity index (χ0) is 13.3. The molecule has 0 atom stereocenters. The van der Waals surface area contributed by atoms with Crippen LogP contribution in [-0.2, 0) is 14.3 Å². The largest absolute Gasteiger partial charge is 0.413 e. The highest BCUT2D eigenvalue weighted by Crippen LogP contribution is 2.24. The molecule has 0 amide bonds. The smallest absolute Gasteiger partial charge is 0.257 e. The fourth-order valence-corrected chi connectivity index (χ4v) is 2.38. The van der Waals surface area contributed by atoms with E-state index in [0.29, 0.717) is 0 Å².